The number of ether oxygens (including phenoxy) is 1. The van der Waals surface area contributed by atoms with Gasteiger partial charge in [-0.2, -0.15) is 11.8 Å². The lowest BCUT2D eigenvalue weighted by atomic mass is 10.1. The van der Waals surface area contributed by atoms with Crippen LogP contribution in [0.15, 0.2) is 59.4 Å². The molecular formula is C24H25N3O3S2. The Morgan fingerprint density at radius 1 is 1.03 bits per heavy atom. The number of benzene rings is 2. The Labute approximate surface area is 195 Å². The molecule has 2 aromatic carbocycles. The van der Waals surface area contributed by atoms with Crippen LogP contribution in [0.25, 0.3) is 0 Å². The number of thioether (sulfide) groups is 2. The number of aromatic amines is 1. The van der Waals surface area contributed by atoms with Crippen molar-refractivity contribution in [3.05, 3.63) is 81.6 Å². The van der Waals surface area contributed by atoms with Gasteiger partial charge in [-0.15, -0.1) is 11.8 Å². The third-order valence-corrected chi connectivity index (χ3v) is 8.15. The second-order valence-electron chi connectivity index (χ2n) is 8.00. The van der Waals surface area contributed by atoms with Gasteiger partial charge in [0.05, 0.1) is 22.6 Å². The maximum Gasteiger partial charge on any atom is 0.270 e. The zero-order valence-corrected chi connectivity index (χ0v) is 19.2. The van der Waals surface area contributed by atoms with Gasteiger partial charge in [-0.3, -0.25) is 19.4 Å². The van der Waals surface area contributed by atoms with Crippen LogP contribution in [0.3, 0.4) is 0 Å². The lowest BCUT2D eigenvalue weighted by Gasteiger charge is -2.24. The summed E-state index contributed by atoms with van der Waals surface area (Å²) in [5.74, 6) is 3.72. The minimum Gasteiger partial charge on any atom is -0.489 e. The number of anilines is 1. The first-order valence-corrected chi connectivity index (χ1v) is 13.0. The molecule has 6 nitrogen and oxygen atoms in total. The highest BCUT2D eigenvalue weighted by Gasteiger charge is 2.32. The summed E-state index contributed by atoms with van der Waals surface area (Å²) in [7, 11) is 0. The van der Waals surface area contributed by atoms with Crippen molar-refractivity contribution >= 4 is 35.2 Å². The van der Waals surface area contributed by atoms with Crippen molar-refractivity contribution in [1.82, 2.24) is 9.78 Å². The molecule has 2 aliphatic heterocycles. The molecule has 0 aliphatic carbocycles. The molecule has 1 aromatic heterocycles. The summed E-state index contributed by atoms with van der Waals surface area (Å²) in [4.78, 5) is 25.6. The molecule has 0 saturated carbocycles. The predicted octanol–water partition coefficient (Wildman–Crippen LogP) is 4.60. The number of nitrogens with one attached hydrogen (secondary N) is 2. The lowest BCUT2D eigenvalue weighted by Crippen LogP contribution is -2.22. The molecule has 1 fully saturated rings. The van der Waals surface area contributed by atoms with E-state index in [1.54, 1.807) is 0 Å². The molecule has 2 aliphatic rings. The van der Waals surface area contributed by atoms with Crippen LogP contribution in [-0.2, 0) is 11.4 Å². The predicted molar refractivity (Wildman–Crippen MR) is 131 cm³/mol. The summed E-state index contributed by atoms with van der Waals surface area (Å²) in [5.41, 5.74) is 2.55. The molecule has 3 heterocycles. The molecule has 1 saturated heterocycles. The third kappa shape index (κ3) is 4.47. The largest absolute Gasteiger partial charge is 0.489 e. The molecule has 2 N–H and O–H groups in total. The van der Waals surface area contributed by atoms with Crippen LogP contribution < -0.4 is 15.6 Å². The fraction of sp³-hybridized carbons (Fsp3) is 0.333. The Bertz CT molecular complexity index is 1150. The van der Waals surface area contributed by atoms with Crippen molar-refractivity contribution in [2.45, 2.75) is 30.7 Å². The number of nitrogens with zero attached hydrogens (tertiary/aromatic N) is 1. The number of aromatic nitrogens is 2. The van der Waals surface area contributed by atoms with Crippen LogP contribution >= 0.6 is 23.5 Å². The van der Waals surface area contributed by atoms with Gasteiger partial charge in [-0.25, -0.2) is 0 Å². The number of H-pyrrole nitrogens is 1. The second-order valence-corrected chi connectivity index (χ2v) is 10.3. The minimum atomic E-state index is -0.243. The summed E-state index contributed by atoms with van der Waals surface area (Å²) >= 11 is 3.41. The van der Waals surface area contributed by atoms with E-state index in [1.165, 1.54) is 11.8 Å². The van der Waals surface area contributed by atoms with Crippen LogP contribution in [0.1, 0.15) is 40.8 Å². The minimum absolute atomic E-state index is 0.0758. The Morgan fingerprint density at radius 3 is 2.66 bits per heavy atom. The number of carbonyl (C=O) groups is 1. The van der Waals surface area contributed by atoms with Crippen molar-refractivity contribution in [1.29, 1.82) is 0 Å². The van der Waals surface area contributed by atoms with Gasteiger partial charge in [-0.05, 0) is 47.6 Å². The SMILES string of the molecule is O=C1CS[C@H](c2cccc(OCc3ccccc3)c2)c2c(n(C3CCSCC3)[nH]c2=O)N1. The van der Waals surface area contributed by atoms with Crippen LogP contribution in [-0.4, -0.2) is 32.9 Å². The van der Waals surface area contributed by atoms with E-state index < -0.39 is 0 Å². The lowest BCUT2D eigenvalue weighted by molar-refractivity contribution is -0.113. The average molecular weight is 468 g/mol. The molecular weight excluding hydrogens is 442 g/mol. The van der Waals surface area contributed by atoms with Crippen LogP contribution in [0, 0.1) is 0 Å². The summed E-state index contributed by atoms with van der Waals surface area (Å²) in [6.45, 7) is 0.476. The van der Waals surface area contributed by atoms with Gasteiger partial charge in [0.1, 0.15) is 18.2 Å². The summed E-state index contributed by atoms with van der Waals surface area (Å²) in [6, 6.07) is 18.1. The van der Waals surface area contributed by atoms with Gasteiger partial charge in [0.15, 0.2) is 0 Å². The first-order valence-electron chi connectivity index (χ1n) is 10.8. The summed E-state index contributed by atoms with van der Waals surface area (Å²) in [5, 5.41) is 5.79. The molecule has 0 spiro atoms. The van der Waals surface area contributed by atoms with E-state index >= 15 is 0 Å². The average Bonchev–Trinajstić information content (AvgIpc) is 3.04. The van der Waals surface area contributed by atoms with E-state index in [-0.39, 0.29) is 22.8 Å². The summed E-state index contributed by atoms with van der Waals surface area (Å²) < 4.78 is 7.92. The van der Waals surface area contributed by atoms with E-state index in [4.69, 9.17) is 4.74 Å². The van der Waals surface area contributed by atoms with Gasteiger partial charge in [0, 0.05) is 0 Å². The van der Waals surface area contributed by atoms with Crippen molar-refractivity contribution in [3.8, 4) is 5.75 Å². The van der Waals surface area contributed by atoms with E-state index in [0.29, 0.717) is 23.7 Å². The highest BCUT2D eigenvalue weighted by Crippen LogP contribution is 2.42. The molecule has 32 heavy (non-hydrogen) atoms. The monoisotopic (exact) mass is 467 g/mol. The van der Waals surface area contributed by atoms with E-state index in [2.05, 4.69) is 10.4 Å². The fourth-order valence-corrected chi connectivity index (χ4v) is 6.43. The molecule has 3 aromatic rings. The molecule has 1 amide bonds. The second kappa shape index (κ2) is 9.50. The number of rotatable bonds is 5. The third-order valence-electron chi connectivity index (χ3n) is 5.83. The number of hydrogen-bond donors (Lipinski definition) is 2. The number of fused-ring (bicyclic) bond motifs is 1. The first-order chi connectivity index (χ1) is 15.7. The van der Waals surface area contributed by atoms with Crippen molar-refractivity contribution < 1.29 is 9.53 Å². The maximum absolute atomic E-state index is 13.1. The molecule has 0 radical (unpaired) electrons. The Kier molecular flexibility index (Phi) is 6.32. The molecule has 1 atom stereocenters. The van der Waals surface area contributed by atoms with Gasteiger partial charge < -0.3 is 10.1 Å². The quantitative estimate of drug-likeness (QED) is 0.574. The molecule has 5 rings (SSSR count). The Hall–Kier alpha value is -2.58. The van der Waals surface area contributed by atoms with Gasteiger partial charge in [0.25, 0.3) is 5.56 Å². The first kappa shape index (κ1) is 21.3. The van der Waals surface area contributed by atoms with Gasteiger partial charge in [-0.1, -0.05) is 42.5 Å². The standard InChI is InChI=1S/C24H25N3O3S2/c28-20-15-32-22(17-7-4-8-19(13-17)30-14-16-5-2-1-3-6-16)21-23(25-20)27(26-24(21)29)18-9-11-31-12-10-18/h1-8,13,18,22H,9-12,14-15H2,(H,25,28)(H,26,29)/t22-/m1/s1. The number of amides is 1. The highest BCUT2D eigenvalue weighted by molar-refractivity contribution is 8.00. The summed E-state index contributed by atoms with van der Waals surface area (Å²) in [6.07, 6.45) is 1.97. The van der Waals surface area contributed by atoms with Crippen molar-refractivity contribution in [2.24, 2.45) is 0 Å². The zero-order chi connectivity index (χ0) is 21.9. The van der Waals surface area contributed by atoms with E-state index in [0.717, 1.165) is 41.2 Å². The Balaban J connectivity index is 1.46. The molecule has 0 bridgehead atoms. The van der Waals surface area contributed by atoms with Crippen LogP contribution in [0.2, 0.25) is 0 Å². The smallest absolute Gasteiger partial charge is 0.270 e. The normalized spacial score (nSPS) is 19.1. The van der Waals surface area contributed by atoms with Crippen LogP contribution in [0.5, 0.6) is 5.75 Å². The van der Waals surface area contributed by atoms with Gasteiger partial charge in [0.2, 0.25) is 5.91 Å². The van der Waals surface area contributed by atoms with E-state index in [9.17, 15) is 9.59 Å². The van der Waals surface area contributed by atoms with E-state index in [1.807, 2.05) is 71.0 Å². The molecule has 8 heteroatoms. The topological polar surface area (TPSA) is 76.1 Å². The van der Waals surface area contributed by atoms with Gasteiger partial charge >= 0.3 is 0 Å². The fourth-order valence-electron chi connectivity index (χ4n) is 4.23. The molecule has 0 unspecified atom stereocenters. The van der Waals surface area contributed by atoms with Crippen LogP contribution in [0.4, 0.5) is 5.82 Å². The number of carbonyl (C=O) groups excluding carboxylic acids is 1. The van der Waals surface area contributed by atoms with Crippen molar-refractivity contribution in [3.63, 3.8) is 0 Å². The number of hydrogen-bond acceptors (Lipinski definition) is 5. The Morgan fingerprint density at radius 2 is 1.84 bits per heavy atom. The highest BCUT2D eigenvalue weighted by atomic mass is 32.2. The molecule has 166 valence electrons. The zero-order valence-electron chi connectivity index (χ0n) is 17.6. The van der Waals surface area contributed by atoms with Crippen molar-refractivity contribution in [2.75, 3.05) is 22.6 Å². The maximum atomic E-state index is 13.1.